The van der Waals surface area contributed by atoms with Gasteiger partial charge in [-0.2, -0.15) is 0 Å². The minimum absolute atomic E-state index is 0.107. The van der Waals surface area contributed by atoms with Crippen LogP contribution in [-0.4, -0.2) is 55.6 Å². The van der Waals surface area contributed by atoms with Crippen LogP contribution in [0.2, 0.25) is 0 Å². The Morgan fingerprint density at radius 3 is 3.00 bits per heavy atom. The first-order chi connectivity index (χ1) is 9.63. The van der Waals surface area contributed by atoms with Gasteiger partial charge >= 0.3 is 0 Å². The number of rotatable bonds is 5. The molecule has 1 aliphatic rings. The molecule has 0 aromatic heterocycles. The minimum atomic E-state index is -0.482. The van der Waals surface area contributed by atoms with Crippen LogP contribution in [0.15, 0.2) is 22.7 Å². The van der Waals surface area contributed by atoms with Crippen molar-refractivity contribution in [2.75, 3.05) is 33.4 Å². The van der Waals surface area contributed by atoms with Crippen LogP contribution in [0.25, 0.3) is 0 Å². The molecule has 4 nitrogen and oxygen atoms in total. The average Bonchev–Trinajstić information content (AvgIpc) is 2.47. The number of ether oxygens (including phenoxy) is 2. The van der Waals surface area contributed by atoms with Crippen molar-refractivity contribution in [1.29, 1.82) is 0 Å². The predicted molar refractivity (Wildman–Crippen MR) is 82.3 cm³/mol. The van der Waals surface area contributed by atoms with Gasteiger partial charge in [-0.15, -0.1) is 0 Å². The second-order valence-corrected chi connectivity index (χ2v) is 5.90. The van der Waals surface area contributed by atoms with Gasteiger partial charge in [0.25, 0.3) is 0 Å². The molecule has 0 spiro atoms. The maximum absolute atomic E-state index is 10.4. The zero-order valence-corrected chi connectivity index (χ0v) is 13.6. The van der Waals surface area contributed by atoms with E-state index in [-0.39, 0.29) is 6.10 Å². The minimum Gasteiger partial charge on any atom is -0.496 e. The Hall–Kier alpha value is -0.620. The summed E-state index contributed by atoms with van der Waals surface area (Å²) in [6.07, 6.45) is -0.000573. The van der Waals surface area contributed by atoms with E-state index < -0.39 is 6.10 Å². The number of nitrogens with zero attached hydrogens (tertiary/aromatic N) is 1. The van der Waals surface area contributed by atoms with E-state index in [1.807, 2.05) is 18.2 Å². The molecular formula is C15H22BrNO3. The Balaban J connectivity index is 1.96. The quantitative estimate of drug-likeness (QED) is 0.888. The van der Waals surface area contributed by atoms with E-state index in [9.17, 15) is 5.11 Å². The van der Waals surface area contributed by atoms with Gasteiger partial charge in [0.2, 0.25) is 0 Å². The van der Waals surface area contributed by atoms with Crippen LogP contribution < -0.4 is 4.74 Å². The molecule has 1 N–H and O–H groups in total. The Bertz CT molecular complexity index is 441. The van der Waals surface area contributed by atoms with Crippen molar-refractivity contribution < 1.29 is 14.6 Å². The summed E-state index contributed by atoms with van der Waals surface area (Å²) in [7, 11) is 1.64. The van der Waals surface area contributed by atoms with Crippen molar-refractivity contribution in [3.8, 4) is 5.75 Å². The maximum atomic E-state index is 10.4. The van der Waals surface area contributed by atoms with Gasteiger partial charge in [-0.3, -0.25) is 4.90 Å². The lowest BCUT2D eigenvalue weighted by atomic mass is 10.0. The molecule has 0 aliphatic carbocycles. The normalized spacial score (nSPS) is 21.7. The lowest BCUT2D eigenvalue weighted by molar-refractivity contribution is -0.0867. The van der Waals surface area contributed by atoms with Crippen molar-refractivity contribution >= 4 is 15.9 Å². The van der Waals surface area contributed by atoms with Crippen molar-refractivity contribution in [3.63, 3.8) is 0 Å². The zero-order chi connectivity index (χ0) is 14.5. The number of likely N-dealkylation sites (N-methyl/N-ethyl adjacent to an activating group) is 1. The molecule has 1 saturated heterocycles. The molecule has 2 rings (SSSR count). The molecule has 0 radical (unpaired) electrons. The van der Waals surface area contributed by atoms with Crippen LogP contribution in [0.1, 0.15) is 12.5 Å². The summed E-state index contributed by atoms with van der Waals surface area (Å²) in [5, 5.41) is 10.4. The van der Waals surface area contributed by atoms with Crippen LogP contribution in [0, 0.1) is 0 Å². The highest BCUT2D eigenvalue weighted by Gasteiger charge is 2.26. The topological polar surface area (TPSA) is 41.9 Å². The number of hydrogen-bond acceptors (Lipinski definition) is 4. The summed E-state index contributed by atoms with van der Waals surface area (Å²) in [5.41, 5.74) is 1.07. The molecule has 20 heavy (non-hydrogen) atoms. The molecule has 1 fully saturated rings. The third-order valence-electron chi connectivity index (χ3n) is 3.72. The van der Waals surface area contributed by atoms with Crippen molar-refractivity contribution in [2.45, 2.75) is 25.6 Å². The number of methoxy groups -OCH3 is 1. The Morgan fingerprint density at radius 1 is 1.55 bits per heavy atom. The molecule has 5 heteroatoms. The van der Waals surface area contributed by atoms with Crippen LogP contribution in [0.4, 0.5) is 0 Å². The van der Waals surface area contributed by atoms with Crippen LogP contribution in [0.5, 0.6) is 5.75 Å². The Morgan fingerprint density at radius 2 is 2.35 bits per heavy atom. The second-order valence-electron chi connectivity index (χ2n) is 5.04. The maximum Gasteiger partial charge on any atom is 0.133 e. The van der Waals surface area contributed by atoms with Crippen molar-refractivity contribution in [2.24, 2.45) is 0 Å². The molecule has 0 bridgehead atoms. The van der Waals surface area contributed by atoms with Gasteiger partial charge in [0.05, 0.1) is 30.4 Å². The fourth-order valence-electron chi connectivity index (χ4n) is 2.46. The third-order valence-corrected chi connectivity index (χ3v) is 4.33. The van der Waals surface area contributed by atoms with Crippen LogP contribution >= 0.6 is 15.9 Å². The monoisotopic (exact) mass is 343 g/mol. The van der Waals surface area contributed by atoms with Gasteiger partial charge < -0.3 is 14.6 Å². The van der Waals surface area contributed by atoms with Crippen molar-refractivity contribution in [3.05, 3.63) is 28.2 Å². The third kappa shape index (κ3) is 3.95. The zero-order valence-electron chi connectivity index (χ0n) is 12.0. The summed E-state index contributed by atoms with van der Waals surface area (Å²) < 4.78 is 11.8. The van der Waals surface area contributed by atoms with Gasteiger partial charge in [-0.25, -0.2) is 0 Å². The summed E-state index contributed by atoms with van der Waals surface area (Å²) in [5.74, 6) is 0.800. The predicted octanol–water partition coefficient (Wildman–Crippen LogP) is 2.08. The van der Waals surface area contributed by atoms with E-state index in [1.165, 1.54) is 0 Å². The van der Waals surface area contributed by atoms with Gasteiger partial charge in [-0.05, 0) is 40.2 Å². The highest BCUT2D eigenvalue weighted by molar-refractivity contribution is 9.10. The van der Waals surface area contributed by atoms with E-state index in [1.54, 1.807) is 7.11 Å². The number of morpholine rings is 1. The highest BCUT2D eigenvalue weighted by atomic mass is 79.9. The molecule has 1 aromatic rings. The highest BCUT2D eigenvalue weighted by Crippen LogP contribution is 2.26. The molecule has 2 atom stereocenters. The van der Waals surface area contributed by atoms with Gasteiger partial charge in [-0.1, -0.05) is 13.0 Å². The molecule has 1 aromatic carbocycles. The first-order valence-corrected chi connectivity index (χ1v) is 7.77. The van der Waals surface area contributed by atoms with Crippen LogP contribution in [-0.2, 0) is 11.2 Å². The fourth-order valence-corrected chi connectivity index (χ4v) is 3.05. The summed E-state index contributed by atoms with van der Waals surface area (Å²) >= 11 is 3.47. The van der Waals surface area contributed by atoms with E-state index >= 15 is 0 Å². The molecular weight excluding hydrogens is 322 g/mol. The van der Waals surface area contributed by atoms with E-state index in [0.29, 0.717) is 13.0 Å². The largest absolute Gasteiger partial charge is 0.496 e. The molecule has 1 aliphatic heterocycles. The lowest BCUT2D eigenvalue weighted by Gasteiger charge is -2.34. The molecule has 0 saturated carbocycles. The molecule has 112 valence electrons. The first kappa shape index (κ1) is 15.8. The Kier molecular flexibility index (Phi) is 5.84. The first-order valence-electron chi connectivity index (χ1n) is 6.98. The van der Waals surface area contributed by atoms with Gasteiger partial charge in [0.15, 0.2) is 0 Å². The summed E-state index contributed by atoms with van der Waals surface area (Å²) in [4.78, 5) is 2.31. The number of benzene rings is 1. The SMILES string of the molecule is CCN1CCOC(C(O)Cc2ccc(OC)c(Br)c2)C1. The van der Waals surface area contributed by atoms with Crippen molar-refractivity contribution in [1.82, 2.24) is 4.90 Å². The number of aliphatic hydroxyl groups is 1. The van der Waals surface area contributed by atoms with E-state index in [0.717, 1.165) is 35.4 Å². The smallest absolute Gasteiger partial charge is 0.133 e. The van der Waals surface area contributed by atoms with Crippen LogP contribution in [0.3, 0.4) is 0 Å². The second kappa shape index (κ2) is 7.41. The number of hydrogen-bond donors (Lipinski definition) is 1. The fraction of sp³-hybridized carbons (Fsp3) is 0.600. The lowest BCUT2D eigenvalue weighted by Crippen LogP contribution is -2.48. The number of halogens is 1. The standard InChI is InChI=1S/C15H22BrNO3/c1-3-17-6-7-20-15(10-17)13(18)9-11-4-5-14(19-2)12(16)8-11/h4-5,8,13,15,18H,3,6-7,9-10H2,1-2H3. The number of aliphatic hydroxyl groups excluding tert-OH is 1. The summed E-state index contributed by atoms with van der Waals surface area (Å²) in [6, 6.07) is 5.88. The van der Waals surface area contributed by atoms with E-state index in [2.05, 4.69) is 27.8 Å². The van der Waals surface area contributed by atoms with Gasteiger partial charge in [0, 0.05) is 19.5 Å². The van der Waals surface area contributed by atoms with Gasteiger partial charge in [0.1, 0.15) is 5.75 Å². The molecule has 1 heterocycles. The average molecular weight is 344 g/mol. The summed E-state index contributed by atoms with van der Waals surface area (Å²) in [6.45, 7) is 5.58. The van der Waals surface area contributed by atoms with E-state index in [4.69, 9.17) is 9.47 Å². The molecule has 2 unspecified atom stereocenters. The molecule has 0 amide bonds. The Labute approximate surface area is 128 Å².